The Hall–Kier alpha value is -2.72. The first-order chi connectivity index (χ1) is 15.1. The molecule has 1 amide bonds. The van der Waals surface area contributed by atoms with E-state index < -0.39 is 6.04 Å². The van der Waals surface area contributed by atoms with Crippen LogP contribution in [0.5, 0.6) is 0 Å². The Balaban J connectivity index is 1.13. The van der Waals surface area contributed by atoms with E-state index in [-0.39, 0.29) is 11.9 Å². The summed E-state index contributed by atoms with van der Waals surface area (Å²) < 4.78 is 1.82. The summed E-state index contributed by atoms with van der Waals surface area (Å²) in [6.45, 7) is 0. The van der Waals surface area contributed by atoms with Crippen molar-refractivity contribution in [3.05, 3.63) is 35.0 Å². The monoisotopic (exact) mass is 440 g/mol. The summed E-state index contributed by atoms with van der Waals surface area (Å²) in [4.78, 5) is 21.1. The summed E-state index contributed by atoms with van der Waals surface area (Å²) in [5.41, 5.74) is 10.6. The van der Waals surface area contributed by atoms with Gasteiger partial charge >= 0.3 is 0 Å². The highest BCUT2D eigenvalue weighted by Crippen LogP contribution is 2.29. The van der Waals surface area contributed by atoms with Crippen LogP contribution in [0.3, 0.4) is 0 Å². The van der Waals surface area contributed by atoms with Crippen LogP contribution in [0.1, 0.15) is 44.2 Å². The molecule has 5 N–H and O–H groups in total. The van der Waals surface area contributed by atoms with Crippen molar-refractivity contribution < 1.29 is 4.79 Å². The lowest BCUT2D eigenvalue weighted by molar-refractivity contribution is -0.123. The third kappa shape index (κ3) is 4.96. The van der Waals surface area contributed by atoms with Gasteiger partial charge in [0, 0.05) is 48.4 Å². The maximum absolute atomic E-state index is 12.4. The van der Waals surface area contributed by atoms with Crippen molar-refractivity contribution in [2.75, 3.05) is 10.6 Å². The third-order valence-electron chi connectivity index (χ3n) is 5.97. The minimum absolute atomic E-state index is 0.0903. The Bertz CT molecular complexity index is 1020. The second kappa shape index (κ2) is 8.80. The number of rotatable bonds is 8. The Labute approximate surface area is 184 Å². The molecule has 164 valence electrons. The van der Waals surface area contributed by atoms with Gasteiger partial charge in [0.15, 0.2) is 5.65 Å². The van der Waals surface area contributed by atoms with Gasteiger partial charge in [-0.1, -0.05) is 0 Å². The van der Waals surface area contributed by atoms with Crippen LogP contribution in [-0.2, 0) is 11.2 Å². The number of aromatic nitrogens is 4. The quantitative estimate of drug-likeness (QED) is 0.423. The smallest absolute Gasteiger partial charge is 0.237 e. The standard InChI is InChI=1S/C21H28N8OS/c22-17(9-16-11-31-12-24-16)21(30)27-15-5-3-14(4-6-15)26-19-10-18(25-13-1-2-13)20-23-7-8-29(20)28-19/h7-8,10-15,17,25H,1-6,9,22H2,(H,26,28)(H,27,30)/t14?,15?,17-/m1/s1. The Morgan fingerprint density at radius 2 is 1.87 bits per heavy atom. The zero-order valence-corrected chi connectivity index (χ0v) is 18.1. The molecule has 2 aliphatic rings. The third-order valence-corrected chi connectivity index (χ3v) is 6.61. The van der Waals surface area contributed by atoms with Crippen LogP contribution in [0.2, 0.25) is 0 Å². The van der Waals surface area contributed by atoms with E-state index in [0.717, 1.165) is 48.5 Å². The van der Waals surface area contributed by atoms with Crippen molar-refractivity contribution in [2.24, 2.45) is 5.73 Å². The maximum atomic E-state index is 12.4. The highest BCUT2D eigenvalue weighted by molar-refractivity contribution is 7.07. The van der Waals surface area contributed by atoms with E-state index in [1.165, 1.54) is 24.2 Å². The van der Waals surface area contributed by atoms with E-state index >= 15 is 0 Å². The fourth-order valence-corrected chi connectivity index (χ4v) is 4.67. The molecular weight excluding hydrogens is 412 g/mol. The van der Waals surface area contributed by atoms with Gasteiger partial charge in [-0.2, -0.15) is 0 Å². The van der Waals surface area contributed by atoms with Crippen molar-refractivity contribution in [3.63, 3.8) is 0 Å². The number of amides is 1. The normalized spacial score (nSPS) is 22.2. The highest BCUT2D eigenvalue weighted by Gasteiger charge is 2.26. The molecule has 10 heteroatoms. The van der Waals surface area contributed by atoms with Crippen molar-refractivity contribution in [3.8, 4) is 0 Å². The van der Waals surface area contributed by atoms with Gasteiger partial charge in [-0.05, 0) is 38.5 Å². The Morgan fingerprint density at radius 3 is 2.61 bits per heavy atom. The van der Waals surface area contributed by atoms with Gasteiger partial charge in [0.1, 0.15) is 5.82 Å². The van der Waals surface area contributed by atoms with Crippen molar-refractivity contribution in [2.45, 2.75) is 69.1 Å². The number of thiazole rings is 1. The van der Waals surface area contributed by atoms with Crippen LogP contribution in [-0.4, -0.2) is 49.7 Å². The molecule has 2 fully saturated rings. The summed E-state index contributed by atoms with van der Waals surface area (Å²) in [6.07, 6.45) is 10.3. The van der Waals surface area contributed by atoms with E-state index in [1.54, 1.807) is 11.7 Å². The number of hydrogen-bond donors (Lipinski definition) is 4. The van der Waals surface area contributed by atoms with Gasteiger partial charge in [-0.15, -0.1) is 16.4 Å². The molecule has 3 heterocycles. The number of carbonyl (C=O) groups excluding carboxylic acids is 1. The van der Waals surface area contributed by atoms with Crippen LogP contribution in [0, 0.1) is 0 Å². The van der Waals surface area contributed by atoms with E-state index in [0.29, 0.717) is 18.5 Å². The van der Waals surface area contributed by atoms with Crippen LogP contribution in [0.15, 0.2) is 29.4 Å². The molecule has 0 aliphatic heterocycles. The maximum Gasteiger partial charge on any atom is 0.237 e. The molecule has 0 unspecified atom stereocenters. The number of carbonyl (C=O) groups is 1. The number of imidazole rings is 1. The summed E-state index contributed by atoms with van der Waals surface area (Å²) in [7, 11) is 0. The van der Waals surface area contributed by atoms with Crippen LogP contribution < -0.4 is 21.7 Å². The molecule has 0 aromatic carbocycles. The van der Waals surface area contributed by atoms with Crippen LogP contribution in [0.4, 0.5) is 11.5 Å². The fraction of sp³-hybridized carbons (Fsp3) is 0.524. The molecule has 0 spiro atoms. The van der Waals surface area contributed by atoms with E-state index in [2.05, 4.69) is 37.1 Å². The molecule has 0 radical (unpaired) electrons. The van der Waals surface area contributed by atoms with Gasteiger partial charge in [0.25, 0.3) is 0 Å². The lowest BCUT2D eigenvalue weighted by Gasteiger charge is -2.30. The Kier molecular flexibility index (Phi) is 5.73. The molecule has 9 nitrogen and oxygen atoms in total. The summed E-state index contributed by atoms with van der Waals surface area (Å²) in [5, 5.41) is 16.8. The van der Waals surface area contributed by atoms with Gasteiger partial charge in [-0.3, -0.25) is 4.79 Å². The predicted octanol–water partition coefficient (Wildman–Crippen LogP) is 2.17. The van der Waals surface area contributed by atoms with Gasteiger partial charge in [0.05, 0.1) is 22.9 Å². The lowest BCUT2D eigenvalue weighted by Crippen LogP contribution is -2.48. The zero-order chi connectivity index (χ0) is 21.2. The topological polar surface area (TPSA) is 122 Å². The first-order valence-electron chi connectivity index (χ1n) is 10.9. The predicted molar refractivity (Wildman–Crippen MR) is 121 cm³/mol. The molecule has 31 heavy (non-hydrogen) atoms. The van der Waals surface area contributed by atoms with Gasteiger partial charge in [0.2, 0.25) is 5.91 Å². The number of nitrogens with two attached hydrogens (primary N) is 1. The summed E-state index contributed by atoms with van der Waals surface area (Å²) in [6, 6.07) is 2.56. The minimum Gasteiger partial charge on any atom is -0.379 e. The molecule has 3 aromatic heterocycles. The number of nitrogens with zero attached hydrogens (tertiary/aromatic N) is 4. The molecule has 3 aromatic rings. The number of anilines is 2. The number of hydrogen-bond acceptors (Lipinski definition) is 8. The average Bonchev–Trinajstić information content (AvgIpc) is 3.22. The highest BCUT2D eigenvalue weighted by atomic mass is 32.1. The number of fused-ring (bicyclic) bond motifs is 1. The molecule has 5 rings (SSSR count). The van der Waals surface area contributed by atoms with Crippen molar-refractivity contribution in [1.29, 1.82) is 0 Å². The fourth-order valence-electron chi connectivity index (χ4n) is 4.10. The molecule has 0 bridgehead atoms. The molecule has 0 saturated heterocycles. The Morgan fingerprint density at radius 1 is 1.13 bits per heavy atom. The molecular formula is C21H28N8OS. The first-order valence-corrected chi connectivity index (χ1v) is 11.9. The summed E-state index contributed by atoms with van der Waals surface area (Å²) >= 11 is 1.52. The molecule has 2 saturated carbocycles. The van der Waals surface area contributed by atoms with Crippen LogP contribution in [0.25, 0.3) is 5.65 Å². The SMILES string of the molecule is N[C@H](Cc1cscn1)C(=O)NC1CCC(Nc2cc(NC3CC3)c3nccn3n2)CC1. The second-order valence-electron chi connectivity index (χ2n) is 8.55. The zero-order valence-electron chi connectivity index (χ0n) is 17.3. The van der Waals surface area contributed by atoms with Gasteiger partial charge in [-0.25, -0.2) is 14.5 Å². The van der Waals surface area contributed by atoms with Gasteiger partial charge < -0.3 is 21.7 Å². The number of nitrogens with one attached hydrogen (secondary N) is 3. The second-order valence-corrected chi connectivity index (χ2v) is 9.27. The molecule has 2 aliphatic carbocycles. The largest absolute Gasteiger partial charge is 0.379 e. The van der Waals surface area contributed by atoms with Crippen molar-refractivity contribution in [1.82, 2.24) is 24.9 Å². The van der Waals surface area contributed by atoms with E-state index in [1.807, 2.05) is 16.1 Å². The average molecular weight is 441 g/mol. The summed E-state index contributed by atoms with van der Waals surface area (Å²) in [5.74, 6) is 0.763. The lowest BCUT2D eigenvalue weighted by atomic mass is 9.91. The minimum atomic E-state index is -0.554. The first kappa shape index (κ1) is 20.2. The van der Waals surface area contributed by atoms with E-state index in [9.17, 15) is 4.79 Å². The van der Waals surface area contributed by atoms with E-state index in [4.69, 9.17) is 5.73 Å². The van der Waals surface area contributed by atoms with Crippen LogP contribution >= 0.6 is 11.3 Å². The van der Waals surface area contributed by atoms with Crippen molar-refractivity contribution >= 4 is 34.4 Å². The molecule has 1 atom stereocenters.